The summed E-state index contributed by atoms with van der Waals surface area (Å²) in [5.41, 5.74) is 1.71. The van der Waals surface area contributed by atoms with Crippen molar-refractivity contribution in [2.24, 2.45) is 0 Å². The standard InChI is InChI=1S/C16H16N4O2S2/c1-10-5-6-12(22-2)11(8-10)17-14(21)9-24-16-18-15(19-20-16)13-4-3-7-23-13/h3-8H,9H2,1-2H3,(H,17,21)(H,18,19,20). The van der Waals surface area contributed by atoms with Gasteiger partial charge in [-0.2, -0.15) is 0 Å². The molecule has 0 saturated carbocycles. The maximum atomic E-state index is 12.1. The molecule has 0 spiro atoms. The smallest absolute Gasteiger partial charge is 0.234 e. The summed E-state index contributed by atoms with van der Waals surface area (Å²) in [7, 11) is 1.58. The molecule has 2 heterocycles. The van der Waals surface area contributed by atoms with Crippen LogP contribution in [0.2, 0.25) is 0 Å². The minimum absolute atomic E-state index is 0.133. The Kier molecular flexibility index (Phi) is 5.17. The summed E-state index contributed by atoms with van der Waals surface area (Å²) in [5, 5.41) is 12.4. The van der Waals surface area contributed by atoms with Crippen LogP contribution >= 0.6 is 23.1 Å². The summed E-state index contributed by atoms with van der Waals surface area (Å²) in [6.45, 7) is 1.96. The van der Waals surface area contributed by atoms with Crippen LogP contribution in [0.15, 0.2) is 40.9 Å². The lowest BCUT2D eigenvalue weighted by atomic mass is 10.2. The Hall–Kier alpha value is -2.32. The summed E-state index contributed by atoms with van der Waals surface area (Å²) in [6, 6.07) is 9.57. The molecule has 0 fully saturated rings. The van der Waals surface area contributed by atoms with E-state index in [0.29, 0.717) is 22.4 Å². The highest BCUT2D eigenvalue weighted by Gasteiger charge is 2.11. The van der Waals surface area contributed by atoms with Crippen LogP contribution in [0.4, 0.5) is 5.69 Å². The number of amides is 1. The van der Waals surface area contributed by atoms with E-state index in [1.54, 1.807) is 18.4 Å². The second-order valence-corrected chi connectivity index (χ2v) is 6.87. The molecule has 2 aromatic heterocycles. The van der Waals surface area contributed by atoms with E-state index in [9.17, 15) is 4.79 Å². The monoisotopic (exact) mass is 360 g/mol. The van der Waals surface area contributed by atoms with Gasteiger partial charge in [-0.05, 0) is 36.1 Å². The van der Waals surface area contributed by atoms with Crippen molar-refractivity contribution in [2.75, 3.05) is 18.2 Å². The van der Waals surface area contributed by atoms with Crippen molar-refractivity contribution in [3.05, 3.63) is 41.3 Å². The van der Waals surface area contributed by atoms with Crippen LogP contribution in [0.25, 0.3) is 10.7 Å². The normalized spacial score (nSPS) is 10.6. The van der Waals surface area contributed by atoms with Crippen molar-refractivity contribution < 1.29 is 9.53 Å². The minimum atomic E-state index is -0.133. The van der Waals surface area contributed by atoms with Crippen molar-refractivity contribution in [1.29, 1.82) is 0 Å². The van der Waals surface area contributed by atoms with Crippen LogP contribution in [-0.2, 0) is 4.79 Å². The molecule has 0 radical (unpaired) electrons. The summed E-state index contributed by atoms with van der Waals surface area (Å²) < 4.78 is 5.26. The molecule has 0 unspecified atom stereocenters. The first-order valence-electron chi connectivity index (χ1n) is 7.19. The van der Waals surface area contributed by atoms with Gasteiger partial charge in [-0.3, -0.25) is 9.89 Å². The number of rotatable bonds is 6. The summed E-state index contributed by atoms with van der Waals surface area (Å²) in [4.78, 5) is 17.5. The van der Waals surface area contributed by atoms with Crippen LogP contribution in [-0.4, -0.2) is 34.0 Å². The average Bonchev–Trinajstić information content (AvgIpc) is 3.24. The summed E-state index contributed by atoms with van der Waals surface area (Å²) >= 11 is 2.87. The number of carbonyl (C=O) groups excluding carboxylic acids is 1. The first-order chi connectivity index (χ1) is 11.7. The maximum absolute atomic E-state index is 12.1. The Balaban J connectivity index is 1.59. The second-order valence-electron chi connectivity index (χ2n) is 4.98. The van der Waals surface area contributed by atoms with Gasteiger partial charge in [0.1, 0.15) is 5.75 Å². The van der Waals surface area contributed by atoms with E-state index in [1.165, 1.54) is 11.8 Å². The van der Waals surface area contributed by atoms with Crippen molar-refractivity contribution in [3.8, 4) is 16.5 Å². The van der Waals surface area contributed by atoms with Crippen molar-refractivity contribution in [2.45, 2.75) is 12.1 Å². The second kappa shape index (κ2) is 7.50. The van der Waals surface area contributed by atoms with Gasteiger partial charge in [0, 0.05) is 0 Å². The zero-order valence-corrected chi connectivity index (χ0v) is 14.8. The fourth-order valence-corrected chi connectivity index (χ4v) is 3.33. The number of benzene rings is 1. The largest absolute Gasteiger partial charge is 0.495 e. The lowest BCUT2D eigenvalue weighted by molar-refractivity contribution is -0.113. The van der Waals surface area contributed by atoms with Crippen molar-refractivity contribution >= 4 is 34.7 Å². The van der Waals surface area contributed by atoms with Crippen molar-refractivity contribution in [1.82, 2.24) is 15.2 Å². The lowest BCUT2D eigenvalue weighted by Crippen LogP contribution is -2.15. The number of aromatic amines is 1. The zero-order chi connectivity index (χ0) is 16.9. The third-order valence-corrected chi connectivity index (χ3v) is 4.90. The van der Waals surface area contributed by atoms with Crippen LogP contribution in [0.5, 0.6) is 5.75 Å². The summed E-state index contributed by atoms with van der Waals surface area (Å²) in [6.07, 6.45) is 0. The van der Waals surface area contributed by atoms with E-state index in [2.05, 4.69) is 20.5 Å². The molecule has 0 aliphatic carbocycles. The van der Waals surface area contributed by atoms with E-state index in [-0.39, 0.29) is 11.7 Å². The molecule has 0 aliphatic heterocycles. The number of methoxy groups -OCH3 is 1. The number of carbonyl (C=O) groups is 1. The first-order valence-corrected chi connectivity index (χ1v) is 9.06. The third-order valence-electron chi connectivity index (χ3n) is 3.18. The van der Waals surface area contributed by atoms with E-state index < -0.39 is 0 Å². The first kappa shape index (κ1) is 16.5. The van der Waals surface area contributed by atoms with Crippen LogP contribution in [0.3, 0.4) is 0 Å². The van der Waals surface area contributed by atoms with Gasteiger partial charge in [0.2, 0.25) is 11.1 Å². The highest BCUT2D eigenvalue weighted by molar-refractivity contribution is 7.99. The predicted octanol–water partition coefficient (Wildman–Crippen LogP) is 3.58. The molecule has 1 aromatic carbocycles. The number of H-pyrrole nitrogens is 1. The minimum Gasteiger partial charge on any atom is -0.495 e. The van der Waals surface area contributed by atoms with E-state index in [0.717, 1.165) is 10.4 Å². The molecular weight excluding hydrogens is 344 g/mol. The highest BCUT2D eigenvalue weighted by Crippen LogP contribution is 2.26. The molecule has 124 valence electrons. The number of thiophene rings is 1. The molecule has 0 bridgehead atoms. The average molecular weight is 360 g/mol. The number of thioether (sulfide) groups is 1. The number of hydrogen-bond donors (Lipinski definition) is 2. The SMILES string of the molecule is COc1ccc(C)cc1NC(=O)CSc1n[nH]c(-c2cccs2)n1. The van der Waals surface area contributed by atoms with E-state index in [4.69, 9.17) is 4.74 Å². The predicted molar refractivity (Wildman–Crippen MR) is 96.8 cm³/mol. The van der Waals surface area contributed by atoms with Gasteiger partial charge in [0.15, 0.2) is 5.82 Å². The fourth-order valence-electron chi connectivity index (χ4n) is 2.07. The van der Waals surface area contributed by atoms with Gasteiger partial charge in [-0.1, -0.05) is 23.9 Å². The Morgan fingerprint density at radius 3 is 3.04 bits per heavy atom. The van der Waals surface area contributed by atoms with Gasteiger partial charge >= 0.3 is 0 Å². The van der Waals surface area contributed by atoms with E-state index in [1.807, 2.05) is 42.6 Å². The van der Waals surface area contributed by atoms with Gasteiger partial charge in [-0.25, -0.2) is 4.98 Å². The number of nitrogens with zero attached hydrogens (tertiary/aromatic N) is 2. The van der Waals surface area contributed by atoms with Gasteiger partial charge in [0.05, 0.1) is 23.4 Å². The zero-order valence-electron chi connectivity index (χ0n) is 13.2. The number of nitrogens with one attached hydrogen (secondary N) is 2. The highest BCUT2D eigenvalue weighted by atomic mass is 32.2. The van der Waals surface area contributed by atoms with Gasteiger partial charge < -0.3 is 10.1 Å². The van der Waals surface area contributed by atoms with Crippen LogP contribution in [0.1, 0.15) is 5.56 Å². The molecule has 0 aliphatic rings. The fraction of sp³-hybridized carbons (Fsp3) is 0.188. The quantitative estimate of drug-likeness (QED) is 0.657. The van der Waals surface area contributed by atoms with Crippen LogP contribution < -0.4 is 10.1 Å². The van der Waals surface area contributed by atoms with Crippen LogP contribution in [0, 0.1) is 6.92 Å². The number of hydrogen-bond acceptors (Lipinski definition) is 6. The molecule has 6 nitrogen and oxygen atoms in total. The third kappa shape index (κ3) is 3.95. The number of aromatic nitrogens is 3. The molecule has 3 rings (SSSR count). The maximum Gasteiger partial charge on any atom is 0.234 e. The molecule has 3 aromatic rings. The molecule has 24 heavy (non-hydrogen) atoms. The molecule has 8 heteroatoms. The lowest BCUT2D eigenvalue weighted by Gasteiger charge is -2.10. The molecule has 0 saturated heterocycles. The van der Waals surface area contributed by atoms with Gasteiger partial charge in [-0.15, -0.1) is 16.4 Å². The molecule has 1 amide bonds. The Labute approximate surface area is 147 Å². The summed E-state index contributed by atoms with van der Waals surface area (Å²) in [5.74, 6) is 1.44. The Bertz CT molecular complexity index is 830. The number of anilines is 1. The molecule has 0 atom stereocenters. The molecular formula is C16H16N4O2S2. The van der Waals surface area contributed by atoms with Gasteiger partial charge in [0.25, 0.3) is 0 Å². The van der Waals surface area contributed by atoms with E-state index >= 15 is 0 Å². The number of aryl methyl sites for hydroxylation is 1. The Morgan fingerprint density at radius 2 is 2.29 bits per heavy atom. The van der Waals surface area contributed by atoms with Crippen molar-refractivity contribution in [3.63, 3.8) is 0 Å². The topological polar surface area (TPSA) is 79.9 Å². The number of ether oxygens (including phenoxy) is 1. The Morgan fingerprint density at radius 1 is 1.42 bits per heavy atom. The molecule has 2 N–H and O–H groups in total.